The summed E-state index contributed by atoms with van der Waals surface area (Å²) in [6, 6.07) is 17.9. The van der Waals surface area contributed by atoms with Crippen molar-refractivity contribution in [1.29, 1.82) is 0 Å². The second-order valence-corrected chi connectivity index (χ2v) is 7.28. The highest BCUT2D eigenvalue weighted by Crippen LogP contribution is 2.22. The first-order valence-electron chi connectivity index (χ1n) is 9.09. The van der Waals surface area contributed by atoms with Crippen LogP contribution in [0.5, 0.6) is 0 Å². The van der Waals surface area contributed by atoms with E-state index in [-0.39, 0.29) is 0 Å². The normalized spacial score (nSPS) is 16.2. The molecule has 0 radical (unpaired) electrons. The fourth-order valence-electron chi connectivity index (χ4n) is 3.46. The minimum absolute atomic E-state index is 0.956. The zero-order valence-corrected chi connectivity index (χ0v) is 15.5. The Balaban J connectivity index is 1.38. The average Bonchev–Trinajstić information content (AvgIpc) is 3.24. The molecule has 2 aromatic rings. The molecule has 0 saturated carbocycles. The van der Waals surface area contributed by atoms with Gasteiger partial charge in [-0.2, -0.15) is 0 Å². The van der Waals surface area contributed by atoms with Crippen molar-refractivity contribution in [3.8, 4) is 11.1 Å². The molecule has 0 aromatic heterocycles. The first-order chi connectivity index (χ1) is 12.7. The van der Waals surface area contributed by atoms with Crippen molar-refractivity contribution < 1.29 is 0 Å². The van der Waals surface area contributed by atoms with Crippen LogP contribution in [0.2, 0.25) is 0 Å². The van der Waals surface area contributed by atoms with Gasteiger partial charge in [0.25, 0.3) is 0 Å². The lowest BCUT2D eigenvalue weighted by atomic mass is 10.0. The standard InChI is InChI=1S/C22H26N4/c1-23-11-13-25(17-23)15-19-3-7-21(8-4-19)22-9-5-20(6-10-22)16-26-14-12-24(2)18-26/h3-14H,15-18H2,1-2H3. The maximum absolute atomic E-state index is 2.31. The summed E-state index contributed by atoms with van der Waals surface area (Å²) in [5.74, 6) is 0. The SMILES string of the molecule is CN1C=CN(Cc2ccc(-c3ccc(CN4C=CN(C)C4)cc3)cc2)C1. The number of rotatable bonds is 5. The summed E-state index contributed by atoms with van der Waals surface area (Å²) in [6.45, 7) is 3.84. The van der Waals surface area contributed by atoms with Crippen molar-refractivity contribution >= 4 is 0 Å². The van der Waals surface area contributed by atoms with E-state index in [4.69, 9.17) is 0 Å². The summed E-state index contributed by atoms with van der Waals surface area (Å²) in [5.41, 5.74) is 5.23. The van der Waals surface area contributed by atoms with Crippen LogP contribution in [0.15, 0.2) is 73.3 Å². The third-order valence-electron chi connectivity index (χ3n) is 4.89. The minimum Gasteiger partial charge on any atom is -0.362 e. The van der Waals surface area contributed by atoms with Crippen LogP contribution in [-0.2, 0) is 13.1 Å². The van der Waals surface area contributed by atoms with Crippen molar-refractivity contribution in [2.24, 2.45) is 0 Å². The first-order valence-corrected chi connectivity index (χ1v) is 9.09. The lowest BCUT2D eigenvalue weighted by molar-refractivity contribution is 0.291. The van der Waals surface area contributed by atoms with E-state index in [9.17, 15) is 0 Å². The van der Waals surface area contributed by atoms with E-state index in [0.717, 1.165) is 26.4 Å². The van der Waals surface area contributed by atoms with E-state index in [1.54, 1.807) is 0 Å². The Kier molecular flexibility index (Phi) is 4.57. The average molecular weight is 346 g/mol. The molecule has 4 heteroatoms. The molecule has 134 valence electrons. The molecule has 0 bridgehead atoms. The highest BCUT2D eigenvalue weighted by atomic mass is 15.3. The summed E-state index contributed by atoms with van der Waals surface area (Å²) in [4.78, 5) is 9.00. The molecule has 0 spiro atoms. The van der Waals surface area contributed by atoms with E-state index in [2.05, 4.69) is 107 Å². The molecule has 0 atom stereocenters. The van der Waals surface area contributed by atoms with Gasteiger partial charge in [-0.1, -0.05) is 48.5 Å². The van der Waals surface area contributed by atoms with Crippen LogP contribution in [0.1, 0.15) is 11.1 Å². The molecule has 2 aliphatic rings. The lowest BCUT2D eigenvalue weighted by Crippen LogP contribution is -2.21. The molecule has 0 fully saturated rings. The molecular formula is C22H26N4. The number of hydrogen-bond acceptors (Lipinski definition) is 4. The van der Waals surface area contributed by atoms with Crippen molar-refractivity contribution in [2.45, 2.75) is 13.1 Å². The van der Waals surface area contributed by atoms with E-state index in [1.165, 1.54) is 22.3 Å². The molecule has 4 nitrogen and oxygen atoms in total. The van der Waals surface area contributed by atoms with Crippen molar-refractivity contribution in [3.63, 3.8) is 0 Å². The van der Waals surface area contributed by atoms with Gasteiger partial charge in [0.05, 0.1) is 13.3 Å². The number of nitrogens with zero attached hydrogens (tertiary/aromatic N) is 4. The van der Waals surface area contributed by atoms with Crippen LogP contribution in [0.25, 0.3) is 11.1 Å². The third kappa shape index (κ3) is 3.85. The summed E-state index contributed by atoms with van der Waals surface area (Å²) < 4.78 is 0. The van der Waals surface area contributed by atoms with E-state index in [0.29, 0.717) is 0 Å². The molecule has 0 amide bonds. The van der Waals surface area contributed by atoms with Gasteiger partial charge in [0.1, 0.15) is 0 Å². The van der Waals surface area contributed by atoms with E-state index >= 15 is 0 Å². The Bertz CT molecular complexity index is 722. The zero-order chi connectivity index (χ0) is 17.9. The maximum atomic E-state index is 2.31. The minimum atomic E-state index is 0.956. The van der Waals surface area contributed by atoms with Gasteiger partial charge in [-0.25, -0.2) is 0 Å². The first kappa shape index (κ1) is 16.6. The quantitative estimate of drug-likeness (QED) is 0.818. The summed E-state index contributed by atoms with van der Waals surface area (Å²) >= 11 is 0. The zero-order valence-electron chi connectivity index (χ0n) is 15.5. The molecule has 2 aromatic carbocycles. The molecule has 0 N–H and O–H groups in total. The molecule has 0 unspecified atom stereocenters. The Morgan fingerprint density at radius 2 is 0.962 bits per heavy atom. The predicted octanol–water partition coefficient (Wildman–Crippen LogP) is 3.71. The van der Waals surface area contributed by atoms with Crippen LogP contribution in [0.3, 0.4) is 0 Å². The molecular weight excluding hydrogens is 320 g/mol. The van der Waals surface area contributed by atoms with Gasteiger partial charge in [-0.15, -0.1) is 0 Å². The van der Waals surface area contributed by atoms with Crippen LogP contribution < -0.4 is 0 Å². The largest absolute Gasteiger partial charge is 0.362 e. The Morgan fingerprint density at radius 1 is 0.577 bits per heavy atom. The smallest absolute Gasteiger partial charge is 0.0894 e. The van der Waals surface area contributed by atoms with Crippen molar-refractivity contribution in [3.05, 3.63) is 84.5 Å². The second-order valence-electron chi connectivity index (χ2n) is 7.28. The Morgan fingerprint density at radius 3 is 1.27 bits per heavy atom. The molecule has 26 heavy (non-hydrogen) atoms. The lowest BCUT2D eigenvalue weighted by Gasteiger charge is -2.18. The molecule has 2 aliphatic heterocycles. The van der Waals surface area contributed by atoms with E-state index in [1.807, 2.05) is 0 Å². The van der Waals surface area contributed by atoms with Crippen LogP contribution >= 0.6 is 0 Å². The fourth-order valence-corrected chi connectivity index (χ4v) is 3.46. The predicted molar refractivity (Wildman–Crippen MR) is 107 cm³/mol. The van der Waals surface area contributed by atoms with E-state index < -0.39 is 0 Å². The third-order valence-corrected chi connectivity index (χ3v) is 4.89. The highest BCUT2D eigenvalue weighted by Gasteiger charge is 2.10. The summed E-state index contributed by atoms with van der Waals surface area (Å²) in [7, 11) is 4.20. The van der Waals surface area contributed by atoms with Crippen molar-refractivity contribution in [2.75, 3.05) is 27.4 Å². The van der Waals surface area contributed by atoms with Gasteiger partial charge in [0, 0.05) is 52.0 Å². The van der Waals surface area contributed by atoms with Gasteiger partial charge in [-0.05, 0) is 22.3 Å². The van der Waals surface area contributed by atoms with Crippen molar-refractivity contribution in [1.82, 2.24) is 19.6 Å². The van der Waals surface area contributed by atoms with Crippen LogP contribution in [0, 0.1) is 0 Å². The number of benzene rings is 2. The Labute approximate surface area is 156 Å². The van der Waals surface area contributed by atoms with Gasteiger partial charge in [-0.3, -0.25) is 0 Å². The van der Waals surface area contributed by atoms with Gasteiger partial charge in [0.2, 0.25) is 0 Å². The maximum Gasteiger partial charge on any atom is 0.0894 e. The summed E-state index contributed by atoms with van der Waals surface area (Å²) in [6.07, 6.45) is 8.54. The van der Waals surface area contributed by atoms with Crippen LogP contribution in [0.4, 0.5) is 0 Å². The second kappa shape index (κ2) is 7.16. The van der Waals surface area contributed by atoms with Crippen LogP contribution in [-0.4, -0.2) is 47.0 Å². The molecule has 0 aliphatic carbocycles. The topological polar surface area (TPSA) is 13.0 Å². The van der Waals surface area contributed by atoms with Gasteiger partial charge in [0.15, 0.2) is 0 Å². The highest BCUT2D eigenvalue weighted by molar-refractivity contribution is 5.64. The molecule has 0 saturated heterocycles. The summed E-state index contributed by atoms with van der Waals surface area (Å²) in [5, 5.41) is 0. The number of hydrogen-bond donors (Lipinski definition) is 0. The molecule has 2 heterocycles. The monoisotopic (exact) mass is 346 g/mol. The Hall–Kier alpha value is -2.88. The fraction of sp³-hybridized carbons (Fsp3) is 0.273. The van der Waals surface area contributed by atoms with Gasteiger partial charge < -0.3 is 19.6 Å². The molecule has 4 rings (SSSR count). The van der Waals surface area contributed by atoms with Gasteiger partial charge >= 0.3 is 0 Å².